The average Bonchev–Trinajstić information content (AvgIpc) is 2.79. The van der Waals surface area contributed by atoms with Gasteiger partial charge in [0.15, 0.2) is 0 Å². The zero-order chi connectivity index (χ0) is 8.81. The minimum Gasteiger partial charge on any atom is -0.316 e. The van der Waals surface area contributed by atoms with Crippen molar-refractivity contribution >= 4 is 0 Å². The Kier molecular flexibility index (Phi) is 4.62. The molecule has 72 valence electrons. The van der Waals surface area contributed by atoms with E-state index in [0.717, 1.165) is 25.0 Å². The summed E-state index contributed by atoms with van der Waals surface area (Å²) >= 11 is 0. The molecule has 0 atom stereocenters. The molecule has 0 aromatic heterocycles. The van der Waals surface area contributed by atoms with Crippen LogP contribution in [0.4, 0.5) is 0 Å². The molecule has 2 N–H and O–H groups in total. The summed E-state index contributed by atoms with van der Waals surface area (Å²) in [7, 11) is 0. The minimum absolute atomic E-state index is 0.779. The van der Waals surface area contributed by atoms with Crippen LogP contribution in [0.1, 0.15) is 33.1 Å². The zero-order valence-electron chi connectivity index (χ0n) is 8.40. The first-order valence-electron chi connectivity index (χ1n) is 5.23. The first-order valence-corrected chi connectivity index (χ1v) is 5.23. The summed E-state index contributed by atoms with van der Waals surface area (Å²) in [5.74, 6) is 0.779. The highest BCUT2D eigenvalue weighted by molar-refractivity contribution is 4.80. The third kappa shape index (κ3) is 5.56. The monoisotopic (exact) mass is 170 g/mol. The Morgan fingerprint density at radius 1 is 1.25 bits per heavy atom. The SMILES string of the molecule is CC(C)CNCCCNC1CC1. The van der Waals surface area contributed by atoms with Gasteiger partial charge in [-0.2, -0.15) is 0 Å². The first-order chi connectivity index (χ1) is 5.79. The summed E-state index contributed by atoms with van der Waals surface area (Å²) in [5.41, 5.74) is 0. The normalized spacial score (nSPS) is 17.2. The molecule has 1 rings (SSSR count). The van der Waals surface area contributed by atoms with Crippen molar-refractivity contribution in [3.05, 3.63) is 0 Å². The highest BCUT2D eigenvalue weighted by atomic mass is 14.9. The van der Waals surface area contributed by atoms with E-state index in [1.807, 2.05) is 0 Å². The summed E-state index contributed by atoms with van der Waals surface area (Å²) in [6.45, 7) is 8.00. The Labute approximate surface area is 76.1 Å². The van der Waals surface area contributed by atoms with Gasteiger partial charge in [-0.1, -0.05) is 13.8 Å². The smallest absolute Gasteiger partial charge is 0.00682 e. The van der Waals surface area contributed by atoms with Crippen LogP contribution in [0.15, 0.2) is 0 Å². The van der Waals surface area contributed by atoms with E-state index in [1.165, 1.54) is 25.8 Å². The van der Waals surface area contributed by atoms with Gasteiger partial charge >= 0.3 is 0 Å². The number of hydrogen-bond acceptors (Lipinski definition) is 2. The lowest BCUT2D eigenvalue weighted by Crippen LogP contribution is -2.25. The second-order valence-corrected chi connectivity index (χ2v) is 4.18. The molecule has 12 heavy (non-hydrogen) atoms. The molecule has 1 aliphatic rings. The summed E-state index contributed by atoms with van der Waals surface area (Å²) in [6.07, 6.45) is 4.07. The predicted octanol–water partition coefficient (Wildman–Crippen LogP) is 1.37. The van der Waals surface area contributed by atoms with Crippen molar-refractivity contribution in [2.75, 3.05) is 19.6 Å². The molecule has 0 bridgehead atoms. The van der Waals surface area contributed by atoms with Gasteiger partial charge in [-0.05, 0) is 44.8 Å². The van der Waals surface area contributed by atoms with Gasteiger partial charge in [0.25, 0.3) is 0 Å². The molecule has 1 aliphatic carbocycles. The molecule has 2 nitrogen and oxygen atoms in total. The Balaban J connectivity index is 1.70. The Morgan fingerprint density at radius 2 is 2.00 bits per heavy atom. The van der Waals surface area contributed by atoms with Gasteiger partial charge in [-0.25, -0.2) is 0 Å². The Morgan fingerprint density at radius 3 is 2.58 bits per heavy atom. The first kappa shape index (κ1) is 10.0. The van der Waals surface area contributed by atoms with Crippen molar-refractivity contribution < 1.29 is 0 Å². The summed E-state index contributed by atoms with van der Waals surface area (Å²) in [6, 6.07) is 0.870. The van der Waals surface area contributed by atoms with Gasteiger partial charge in [0.1, 0.15) is 0 Å². The van der Waals surface area contributed by atoms with Crippen molar-refractivity contribution in [3.63, 3.8) is 0 Å². The van der Waals surface area contributed by atoms with Crippen LogP contribution in [-0.4, -0.2) is 25.7 Å². The van der Waals surface area contributed by atoms with Crippen LogP contribution in [0.3, 0.4) is 0 Å². The van der Waals surface area contributed by atoms with Crippen LogP contribution in [0.5, 0.6) is 0 Å². The fraction of sp³-hybridized carbons (Fsp3) is 1.00. The van der Waals surface area contributed by atoms with Crippen LogP contribution >= 0.6 is 0 Å². The number of hydrogen-bond donors (Lipinski definition) is 2. The van der Waals surface area contributed by atoms with Crippen molar-refractivity contribution in [1.29, 1.82) is 0 Å². The lowest BCUT2D eigenvalue weighted by atomic mass is 10.2. The molecule has 0 aromatic carbocycles. The van der Waals surface area contributed by atoms with Gasteiger partial charge in [0, 0.05) is 6.04 Å². The molecule has 0 heterocycles. The maximum Gasteiger partial charge on any atom is 0.00682 e. The Bertz CT molecular complexity index is 102. The van der Waals surface area contributed by atoms with Crippen LogP contribution in [-0.2, 0) is 0 Å². The van der Waals surface area contributed by atoms with Crippen LogP contribution in [0.2, 0.25) is 0 Å². The molecule has 0 radical (unpaired) electrons. The summed E-state index contributed by atoms with van der Waals surface area (Å²) in [5, 5.41) is 6.94. The van der Waals surface area contributed by atoms with Crippen LogP contribution < -0.4 is 10.6 Å². The Hall–Kier alpha value is -0.0800. The van der Waals surface area contributed by atoms with E-state index in [2.05, 4.69) is 24.5 Å². The largest absolute Gasteiger partial charge is 0.316 e. The fourth-order valence-electron chi connectivity index (χ4n) is 1.20. The van der Waals surface area contributed by atoms with Gasteiger partial charge in [0.05, 0.1) is 0 Å². The van der Waals surface area contributed by atoms with E-state index < -0.39 is 0 Å². The third-order valence-electron chi connectivity index (χ3n) is 2.09. The lowest BCUT2D eigenvalue weighted by molar-refractivity contribution is 0.530. The fourth-order valence-corrected chi connectivity index (χ4v) is 1.20. The number of nitrogens with one attached hydrogen (secondary N) is 2. The molecule has 1 fully saturated rings. The maximum atomic E-state index is 3.50. The van der Waals surface area contributed by atoms with E-state index in [-0.39, 0.29) is 0 Å². The third-order valence-corrected chi connectivity index (χ3v) is 2.09. The standard InChI is InChI=1S/C10H22N2/c1-9(2)8-11-6-3-7-12-10-4-5-10/h9-12H,3-8H2,1-2H3. The van der Waals surface area contributed by atoms with E-state index >= 15 is 0 Å². The van der Waals surface area contributed by atoms with Crippen molar-refractivity contribution in [1.82, 2.24) is 10.6 Å². The second kappa shape index (κ2) is 5.55. The molecule has 0 spiro atoms. The van der Waals surface area contributed by atoms with Gasteiger partial charge in [-0.3, -0.25) is 0 Å². The van der Waals surface area contributed by atoms with E-state index in [9.17, 15) is 0 Å². The van der Waals surface area contributed by atoms with E-state index in [1.54, 1.807) is 0 Å². The lowest BCUT2D eigenvalue weighted by Gasteiger charge is -2.07. The highest BCUT2D eigenvalue weighted by Crippen LogP contribution is 2.18. The molecule has 0 aromatic rings. The molecular weight excluding hydrogens is 148 g/mol. The van der Waals surface area contributed by atoms with E-state index in [4.69, 9.17) is 0 Å². The van der Waals surface area contributed by atoms with Gasteiger partial charge in [-0.15, -0.1) is 0 Å². The van der Waals surface area contributed by atoms with Crippen molar-refractivity contribution in [2.24, 2.45) is 5.92 Å². The molecule has 1 saturated carbocycles. The minimum atomic E-state index is 0.779. The molecule has 0 aliphatic heterocycles. The topological polar surface area (TPSA) is 24.1 Å². The summed E-state index contributed by atoms with van der Waals surface area (Å²) in [4.78, 5) is 0. The van der Waals surface area contributed by atoms with Gasteiger partial charge in [0.2, 0.25) is 0 Å². The maximum absolute atomic E-state index is 3.50. The molecule has 0 amide bonds. The van der Waals surface area contributed by atoms with Crippen LogP contribution in [0, 0.1) is 5.92 Å². The van der Waals surface area contributed by atoms with Crippen molar-refractivity contribution in [2.45, 2.75) is 39.2 Å². The summed E-state index contributed by atoms with van der Waals surface area (Å²) < 4.78 is 0. The number of rotatable bonds is 7. The van der Waals surface area contributed by atoms with Crippen LogP contribution in [0.25, 0.3) is 0 Å². The average molecular weight is 170 g/mol. The molecule has 2 heteroatoms. The highest BCUT2D eigenvalue weighted by Gasteiger charge is 2.19. The van der Waals surface area contributed by atoms with Gasteiger partial charge < -0.3 is 10.6 Å². The van der Waals surface area contributed by atoms with Crippen molar-refractivity contribution in [3.8, 4) is 0 Å². The quantitative estimate of drug-likeness (QED) is 0.564. The molecule has 0 saturated heterocycles. The predicted molar refractivity (Wildman–Crippen MR) is 53.3 cm³/mol. The molecule has 0 unspecified atom stereocenters. The molecular formula is C10H22N2. The zero-order valence-corrected chi connectivity index (χ0v) is 8.40. The second-order valence-electron chi connectivity index (χ2n) is 4.18. The van der Waals surface area contributed by atoms with E-state index in [0.29, 0.717) is 0 Å².